The van der Waals surface area contributed by atoms with Gasteiger partial charge in [0.05, 0.1) is 5.69 Å². The van der Waals surface area contributed by atoms with Crippen LogP contribution in [0.25, 0.3) is 0 Å². The largest absolute Gasteiger partial charge is 0.573 e. The number of benzene rings is 2. The molecule has 9 heteroatoms. The molecule has 30 heavy (non-hydrogen) atoms. The standard InChI is InChI=1S/C21H25F3N4O.HI/c22-21(23,24)29-19-9-5-4-8-18(19)27-20(25)26-14-17-11-13-28(15-17)12-10-16-6-2-1-3-7-16;/h1-9,17H,10-15H2,(H3,25,26,27);1H. The predicted octanol–water partition coefficient (Wildman–Crippen LogP) is 4.49. The Kier molecular flexibility index (Phi) is 9.22. The third-order valence-corrected chi connectivity index (χ3v) is 4.82. The molecule has 0 saturated carbocycles. The molecule has 1 aliphatic rings. The molecule has 0 aromatic heterocycles. The smallest absolute Gasteiger partial charge is 0.404 e. The maximum absolute atomic E-state index is 12.5. The average molecular weight is 534 g/mol. The molecule has 2 aromatic carbocycles. The minimum Gasteiger partial charge on any atom is -0.404 e. The summed E-state index contributed by atoms with van der Waals surface area (Å²) in [7, 11) is 0. The van der Waals surface area contributed by atoms with Crippen molar-refractivity contribution in [1.82, 2.24) is 4.90 Å². The second kappa shape index (κ2) is 11.4. The molecular formula is C21H26F3IN4O. The molecule has 1 aliphatic heterocycles. The van der Waals surface area contributed by atoms with E-state index in [0.29, 0.717) is 12.5 Å². The van der Waals surface area contributed by atoms with Crippen molar-refractivity contribution in [1.29, 1.82) is 0 Å². The Bertz CT molecular complexity index is 817. The lowest BCUT2D eigenvalue weighted by Crippen LogP contribution is -2.26. The first-order valence-corrected chi connectivity index (χ1v) is 9.57. The van der Waals surface area contributed by atoms with Crippen molar-refractivity contribution in [2.24, 2.45) is 16.6 Å². The molecule has 1 atom stereocenters. The Morgan fingerprint density at radius 2 is 1.83 bits per heavy atom. The molecule has 1 heterocycles. The quantitative estimate of drug-likeness (QED) is 0.312. The summed E-state index contributed by atoms with van der Waals surface area (Å²) in [6.45, 7) is 3.49. The van der Waals surface area contributed by atoms with Crippen LogP contribution in [-0.4, -0.2) is 43.4 Å². The molecule has 164 valence electrons. The molecule has 2 aromatic rings. The van der Waals surface area contributed by atoms with Gasteiger partial charge in [-0.05, 0) is 43.0 Å². The number of aliphatic imine (C=N–C) groups is 1. The van der Waals surface area contributed by atoms with Gasteiger partial charge in [-0.3, -0.25) is 4.99 Å². The summed E-state index contributed by atoms with van der Waals surface area (Å²) in [4.78, 5) is 6.72. The fourth-order valence-corrected chi connectivity index (χ4v) is 3.39. The van der Waals surface area contributed by atoms with E-state index in [-0.39, 0.29) is 41.4 Å². The zero-order chi connectivity index (χ0) is 20.7. The topological polar surface area (TPSA) is 62.9 Å². The van der Waals surface area contributed by atoms with Crippen LogP contribution in [-0.2, 0) is 6.42 Å². The number of halogens is 4. The number of rotatable bonds is 7. The summed E-state index contributed by atoms with van der Waals surface area (Å²) in [5, 5.41) is 2.70. The minimum absolute atomic E-state index is 0. The Balaban J connectivity index is 0.00000320. The third kappa shape index (κ3) is 8.02. The lowest BCUT2D eigenvalue weighted by molar-refractivity contribution is -0.274. The number of hydrogen-bond donors (Lipinski definition) is 2. The van der Waals surface area contributed by atoms with E-state index in [1.165, 1.54) is 23.8 Å². The van der Waals surface area contributed by atoms with Crippen LogP contribution in [0.4, 0.5) is 18.9 Å². The Morgan fingerprint density at radius 1 is 1.13 bits per heavy atom. The van der Waals surface area contributed by atoms with E-state index in [1.807, 2.05) is 18.2 Å². The number of nitrogens with one attached hydrogen (secondary N) is 1. The number of hydrogen-bond acceptors (Lipinski definition) is 3. The fourth-order valence-electron chi connectivity index (χ4n) is 3.39. The molecule has 0 amide bonds. The van der Waals surface area contributed by atoms with Crippen LogP contribution in [0.5, 0.6) is 5.75 Å². The second-order valence-electron chi connectivity index (χ2n) is 7.09. The molecule has 3 rings (SSSR count). The number of nitrogens with two attached hydrogens (primary N) is 1. The molecule has 0 aliphatic carbocycles. The maximum Gasteiger partial charge on any atom is 0.573 e. The van der Waals surface area contributed by atoms with Crippen molar-refractivity contribution < 1.29 is 17.9 Å². The van der Waals surface area contributed by atoms with E-state index in [0.717, 1.165) is 32.5 Å². The zero-order valence-electron chi connectivity index (χ0n) is 16.4. The van der Waals surface area contributed by atoms with Crippen molar-refractivity contribution in [3.8, 4) is 5.75 Å². The molecule has 1 unspecified atom stereocenters. The van der Waals surface area contributed by atoms with Gasteiger partial charge in [0.2, 0.25) is 0 Å². The van der Waals surface area contributed by atoms with Crippen molar-refractivity contribution >= 4 is 35.6 Å². The van der Waals surface area contributed by atoms with E-state index in [9.17, 15) is 13.2 Å². The van der Waals surface area contributed by atoms with E-state index in [4.69, 9.17) is 5.73 Å². The lowest BCUT2D eigenvalue weighted by Gasteiger charge is -2.16. The van der Waals surface area contributed by atoms with E-state index < -0.39 is 6.36 Å². The summed E-state index contributed by atoms with van der Waals surface area (Å²) in [6, 6.07) is 16.1. The second-order valence-corrected chi connectivity index (χ2v) is 7.09. The lowest BCUT2D eigenvalue weighted by atomic mass is 10.1. The number of ether oxygens (including phenoxy) is 1. The van der Waals surface area contributed by atoms with Crippen LogP contribution in [0, 0.1) is 5.92 Å². The van der Waals surface area contributed by atoms with E-state index in [2.05, 4.69) is 32.1 Å². The minimum atomic E-state index is -4.77. The summed E-state index contributed by atoms with van der Waals surface area (Å²) >= 11 is 0. The first-order chi connectivity index (χ1) is 13.9. The molecule has 0 bridgehead atoms. The van der Waals surface area contributed by atoms with Gasteiger partial charge in [0, 0.05) is 19.6 Å². The summed E-state index contributed by atoms with van der Waals surface area (Å²) in [5.41, 5.74) is 7.32. The van der Waals surface area contributed by atoms with Gasteiger partial charge in [-0.1, -0.05) is 42.5 Å². The SMILES string of the molecule is I.NC(=NCC1CCN(CCc2ccccc2)C1)Nc1ccccc1OC(F)(F)F. The number of nitrogens with zero attached hydrogens (tertiary/aromatic N) is 2. The zero-order valence-corrected chi connectivity index (χ0v) is 18.8. The van der Waals surface area contributed by atoms with E-state index >= 15 is 0 Å². The van der Waals surface area contributed by atoms with Gasteiger partial charge >= 0.3 is 6.36 Å². The van der Waals surface area contributed by atoms with Crippen molar-refractivity contribution in [2.45, 2.75) is 19.2 Å². The molecule has 3 N–H and O–H groups in total. The van der Waals surface area contributed by atoms with Gasteiger partial charge < -0.3 is 20.7 Å². The van der Waals surface area contributed by atoms with E-state index in [1.54, 1.807) is 6.07 Å². The summed E-state index contributed by atoms with van der Waals surface area (Å²) in [5.74, 6) is 0.116. The van der Waals surface area contributed by atoms with Crippen LogP contribution >= 0.6 is 24.0 Å². The van der Waals surface area contributed by atoms with Crippen LogP contribution < -0.4 is 15.8 Å². The average Bonchev–Trinajstić information content (AvgIpc) is 3.14. The molecule has 1 fully saturated rings. The van der Waals surface area contributed by atoms with Gasteiger partial charge in [-0.25, -0.2) is 0 Å². The Hall–Kier alpha value is -2.01. The van der Waals surface area contributed by atoms with Crippen LogP contribution in [0.1, 0.15) is 12.0 Å². The highest BCUT2D eigenvalue weighted by molar-refractivity contribution is 14.0. The number of para-hydroxylation sites is 2. The Labute approximate surface area is 191 Å². The third-order valence-electron chi connectivity index (χ3n) is 4.82. The predicted molar refractivity (Wildman–Crippen MR) is 123 cm³/mol. The Morgan fingerprint density at radius 3 is 2.57 bits per heavy atom. The first-order valence-electron chi connectivity index (χ1n) is 9.57. The monoisotopic (exact) mass is 534 g/mol. The van der Waals surface area contributed by atoms with Crippen molar-refractivity contribution in [3.63, 3.8) is 0 Å². The van der Waals surface area contributed by atoms with Crippen molar-refractivity contribution in [2.75, 3.05) is 31.5 Å². The highest BCUT2D eigenvalue weighted by atomic mass is 127. The maximum atomic E-state index is 12.5. The molecular weight excluding hydrogens is 508 g/mol. The van der Waals surface area contributed by atoms with Gasteiger partial charge in [-0.15, -0.1) is 37.1 Å². The van der Waals surface area contributed by atoms with Gasteiger partial charge in [-0.2, -0.15) is 0 Å². The highest BCUT2D eigenvalue weighted by Gasteiger charge is 2.32. The molecule has 5 nitrogen and oxygen atoms in total. The number of alkyl halides is 3. The van der Waals surface area contributed by atoms with Crippen LogP contribution in [0.3, 0.4) is 0 Å². The number of guanidine groups is 1. The van der Waals surface area contributed by atoms with Crippen molar-refractivity contribution in [3.05, 3.63) is 60.2 Å². The van der Waals surface area contributed by atoms with Gasteiger partial charge in [0.25, 0.3) is 0 Å². The van der Waals surface area contributed by atoms with Gasteiger partial charge in [0.1, 0.15) is 0 Å². The molecule has 0 spiro atoms. The summed E-state index contributed by atoms with van der Waals surface area (Å²) in [6.07, 6.45) is -2.73. The number of anilines is 1. The molecule has 1 saturated heterocycles. The molecule has 0 radical (unpaired) electrons. The first kappa shape index (κ1) is 24.3. The fraction of sp³-hybridized carbons (Fsp3) is 0.381. The summed E-state index contributed by atoms with van der Waals surface area (Å²) < 4.78 is 41.5. The van der Waals surface area contributed by atoms with Crippen LogP contribution in [0.2, 0.25) is 0 Å². The normalized spacial score (nSPS) is 17.4. The highest BCUT2D eigenvalue weighted by Crippen LogP contribution is 2.29. The van der Waals surface area contributed by atoms with Gasteiger partial charge in [0.15, 0.2) is 11.7 Å². The van der Waals surface area contributed by atoms with Crippen LogP contribution in [0.15, 0.2) is 59.6 Å². The number of likely N-dealkylation sites (tertiary alicyclic amines) is 1.